The lowest BCUT2D eigenvalue weighted by atomic mass is 9.96. The molecule has 1 aromatic rings. The highest BCUT2D eigenvalue weighted by molar-refractivity contribution is 5.76. The Hall–Kier alpha value is -1.84. The third-order valence-electron chi connectivity index (χ3n) is 4.40. The van der Waals surface area contributed by atoms with E-state index in [4.69, 9.17) is 9.47 Å². The van der Waals surface area contributed by atoms with Crippen molar-refractivity contribution in [1.29, 1.82) is 0 Å². The number of carbonyl (C=O) groups is 2. The molecule has 0 N–H and O–H groups in total. The van der Waals surface area contributed by atoms with Gasteiger partial charge in [-0.05, 0) is 30.9 Å². The van der Waals surface area contributed by atoms with Crippen molar-refractivity contribution < 1.29 is 19.1 Å². The Morgan fingerprint density at radius 2 is 1.40 bits per heavy atom. The van der Waals surface area contributed by atoms with Gasteiger partial charge in [-0.1, -0.05) is 65.0 Å². The van der Waals surface area contributed by atoms with Crippen LogP contribution in [0.5, 0.6) is 11.5 Å². The molecule has 0 aliphatic carbocycles. The van der Waals surface area contributed by atoms with Crippen LogP contribution in [-0.4, -0.2) is 11.9 Å². The maximum atomic E-state index is 12.0. The number of benzene rings is 1. The molecule has 0 bridgehead atoms. The quantitative estimate of drug-likeness (QED) is 0.277. The minimum Gasteiger partial charge on any atom is -0.423 e. The highest BCUT2D eigenvalue weighted by Crippen LogP contribution is 2.27. The smallest absolute Gasteiger partial charge is 0.311 e. The Bertz CT molecular complexity index is 520. The molecular formula is C21H32O4. The molecule has 0 aromatic heterocycles. The van der Waals surface area contributed by atoms with Crippen LogP contribution in [0.4, 0.5) is 0 Å². The van der Waals surface area contributed by atoms with Crippen molar-refractivity contribution in [1.82, 2.24) is 0 Å². The van der Waals surface area contributed by atoms with Gasteiger partial charge in [-0.15, -0.1) is 0 Å². The van der Waals surface area contributed by atoms with Gasteiger partial charge in [0.15, 0.2) is 11.5 Å². The van der Waals surface area contributed by atoms with Crippen LogP contribution in [0.3, 0.4) is 0 Å². The first-order valence-electron chi connectivity index (χ1n) is 9.61. The summed E-state index contributed by atoms with van der Waals surface area (Å²) in [6.45, 7) is 6.38. The van der Waals surface area contributed by atoms with E-state index in [1.165, 1.54) is 19.3 Å². The molecule has 0 aliphatic heterocycles. The number of carbonyl (C=O) groups excluding carboxylic acids is 2. The molecule has 140 valence electrons. The predicted octanol–water partition coefficient (Wildman–Crippen LogP) is 5.68. The molecule has 1 rings (SSSR count). The summed E-state index contributed by atoms with van der Waals surface area (Å²) in [6, 6.07) is 6.81. The van der Waals surface area contributed by atoms with E-state index >= 15 is 0 Å². The summed E-state index contributed by atoms with van der Waals surface area (Å²) in [5, 5.41) is 0. The van der Waals surface area contributed by atoms with Crippen molar-refractivity contribution in [2.24, 2.45) is 5.92 Å². The number of rotatable bonds is 12. The van der Waals surface area contributed by atoms with Gasteiger partial charge in [0, 0.05) is 12.8 Å². The largest absolute Gasteiger partial charge is 0.423 e. The van der Waals surface area contributed by atoms with E-state index in [1.807, 2.05) is 6.92 Å². The molecule has 0 fully saturated rings. The average molecular weight is 348 g/mol. The monoisotopic (exact) mass is 348 g/mol. The summed E-state index contributed by atoms with van der Waals surface area (Å²) in [7, 11) is 0. The topological polar surface area (TPSA) is 52.6 Å². The highest BCUT2D eigenvalue weighted by atomic mass is 16.6. The summed E-state index contributed by atoms with van der Waals surface area (Å²) < 4.78 is 10.6. The summed E-state index contributed by atoms with van der Waals surface area (Å²) in [4.78, 5) is 23.7. The molecule has 4 heteroatoms. The Labute approximate surface area is 151 Å². The van der Waals surface area contributed by atoms with Gasteiger partial charge in [0.05, 0.1) is 0 Å². The number of esters is 2. The van der Waals surface area contributed by atoms with Crippen molar-refractivity contribution >= 4 is 11.9 Å². The second-order valence-electron chi connectivity index (χ2n) is 6.43. The van der Waals surface area contributed by atoms with E-state index in [2.05, 4.69) is 13.8 Å². The molecule has 0 aliphatic rings. The first-order valence-corrected chi connectivity index (χ1v) is 9.61. The van der Waals surface area contributed by atoms with Crippen molar-refractivity contribution in [2.75, 3.05) is 0 Å². The zero-order chi connectivity index (χ0) is 18.5. The molecule has 0 heterocycles. The van der Waals surface area contributed by atoms with Gasteiger partial charge >= 0.3 is 11.9 Å². The molecule has 1 aromatic carbocycles. The fourth-order valence-corrected chi connectivity index (χ4v) is 2.75. The SMILES string of the molecule is CCCC(=O)Oc1ccccc1OC(=O)CCCCCC(CC)CC. The van der Waals surface area contributed by atoms with Crippen LogP contribution in [0.15, 0.2) is 24.3 Å². The number of hydrogen-bond acceptors (Lipinski definition) is 4. The third kappa shape index (κ3) is 8.71. The van der Waals surface area contributed by atoms with Crippen LogP contribution in [0.1, 0.15) is 78.6 Å². The standard InChI is InChI=1S/C21H32O4/c1-4-12-20(22)24-18-14-10-11-15-19(18)25-21(23)16-9-7-8-13-17(5-2)6-3/h10-11,14-15,17H,4-9,12-13,16H2,1-3H3. The first kappa shape index (κ1) is 21.2. The molecule has 0 atom stereocenters. The van der Waals surface area contributed by atoms with E-state index in [0.29, 0.717) is 24.3 Å². The van der Waals surface area contributed by atoms with Crippen molar-refractivity contribution in [3.63, 3.8) is 0 Å². The number of ether oxygens (including phenoxy) is 2. The van der Waals surface area contributed by atoms with Gasteiger partial charge in [0.2, 0.25) is 0 Å². The van der Waals surface area contributed by atoms with Crippen LogP contribution < -0.4 is 9.47 Å². The van der Waals surface area contributed by atoms with E-state index in [-0.39, 0.29) is 11.9 Å². The van der Waals surface area contributed by atoms with Crippen LogP contribution >= 0.6 is 0 Å². The molecule has 0 saturated heterocycles. The molecule has 25 heavy (non-hydrogen) atoms. The molecule has 4 nitrogen and oxygen atoms in total. The van der Waals surface area contributed by atoms with Crippen molar-refractivity contribution in [3.05, 3.63) is 24.3 Å². The fraction of sp³-hybridized carbons (Fsp3) is 0.619. The lowest BCUT2D eigenvalue weighted by Crippen LogP contribution is -2.11. The van der Waals surface area contributed by atoms with Crippen LogP contribution in [0, 0.1) is 5.92 Å². The predicted molar refractivity (Wildman–Crippen MR) is 99.8 cm³/mol. The van der Waals surface area contributed by atoms with E-state index in [1.54, 1.807) is 24.3 Å². The summed E-state index contributed by atoms with van der Waals surface area (Å²) in [5.74, 6) is 0.836. The molecule has 0 amide bonds. The van der Waals surface area contributed by atoms with Gasteiger partial charge in [-0.2, -0.15) is 0 Å². The van der Waals surface area contributed by atoms with Gasteiger partial charge < -0.3 is 9.47 Å². The highest BCUT2D eigenvalue weighted by Gasteiger charge is 2.13. The Kier molecular flexibility index (Phi) is 10.6. The molecular weight excluding hydrogens is 316 g/mol. The summed E-state index contributed by atoms with van der Waals surface area (Å²) in [5.41, 5.74) is 0. The van der Waals surface area contributed by atoms with Gasteiger partial charge in [0.1, 0.15) is 0 Å². The molecule has 0 spiro atoms. The average Bonchev–Trinajstić information content (AvgIpc) is 2.60. The Morgan fingerprint density at radius 1 is 0.840 bits per heavy atom. The van der Waals surface area contributed by atoms with E-state index < -0.39 is 0 Å². The summed E-state index contributed by atoms with van der Waals surface area (Å²) >= 11 is 0. The maximum absolute atomic E-state index is 12.0. The van der Waals surface area contributed by atoms with Crippen LogP contribution in [0.25, 0.3) is 0 Å². The number of hydrogen-bond donors (Lipinski definition) is 0. The second-order valence-corrected chi connectivity index (χ2v) is 6.43. The van der Waals surface area contributed by atoms with Crippen molar-refractivity contribution in [2.45, 2.75) is 78.6 Å². The fourth-order valence-electron chi connectivity index (χ4n) is 2.75. The minimum absolute atomic E-state index is 0.276. The third-order valence-corrected chi connectivity index (χ3v) is 4.40. The Morgan fingerprint density at radius 3 is 1.92 bits per heavy atom. The molecule has 0 radical (unpaired) electrons. The molecule has 0 unspecified atom stereocenters. The van der Waals surface area contributed by atoms with E-state index in [9.17, 15) is 9.59 Å². The Balaban J connectivity index is 2.38. The summed E-state index contributed by atoms with van der Waals surface area (Å²) in [6.07, 6.45) is 8.17. The first-order chi connectivity index (χ1) is 12.1. The second kappa shape index (κ2) is 12.5. The maximum Gasteiger partial charge on any atom is 0.311 e. The minimum atomic E-state index is -0.313. The van der Waals surface area contributed by atoms with E-state index in [0.717, 1.165) is 31.6 Å². The van der Waals surface area contributed by atoms with Crippen LogP contribution in [0.2, 0.25) is 0 Å². The number of para-hydroxylation sites is 2. The zero-order valence-corrected chi connectivity index (χ0v) is 15.9. The van der Waals surface area contributed by atoms with Gasteiger partial charge in [-0.25, -0.2) is 0 Å². The lowest BCUT2D eigenvalue weighted by molar-refractivity contribution is -0.137. The van der Waals surface area contributed by atoms with Crippen LogP contribution in [-0.2, 0) is 9.59 Å². The normalized spacial score (nSPS) is 10.7. The van der Waals surface area contributed by atoms with Gasteiger partial charge in [0.25, 0.3) is 0 Å². The van der Waals surface area contributed by atoms with Crippen molar-refractivity contribution in [3.8, 4) is 11.5 Å². The zero-order valence-electron chi connectivity index (χ0n) is 15.9. The van der Waals surface area contributed by atoms with Gasteiger partial charge in [-0.3, -0.25) is 9.59 Å². The number of unbranched alkanes of at least 4 members (excludes halogenated alkanes) is 2. The lowest BCUT2D eigenvalue weighted by Gasteiger charge is -2.12. The molecule has 0 saturated carbocycles.